The number of methoxy groups -OCH3 is 1. The number of hydrogen-bond donors (Lipinski definition) is 1. The van der Waals surface area contributed by atoms with Crippen LogP contribution in [0.5, 0.6) is 5.75 Å². The molecule has 24 heavy (non-hydrogen) atoms. The third-order valence-electron chi connectivity index (χ3n) is 3.77. The molecule has 6 nitrogen and oxygen atoms in total. The van der Waals surface area contributed by atoms with E-state index in [1.807, 2.05) is 19.1 Å². The number of nitrogens with one attached hydrogen (secondary N) is 1. The Morgan fingerprint density at radius 3 is 2.54 bits per heavy atom. The minimum Gasteiger partial charge on any atom is -0.497 e. The van der Waals surface area contributed by atoms with Gasteiger partial charge in [-0.2, -0.15) is 5.10 Å². The van der Waals surface area contributed by atoms with E-state index in [0.717, 1.165) is 5.56 Å². The molecule has 2 aromatic carbocycles. The van der Waals surface area contributed by atoms with Gasteiger partial charge in [-0.25, -0.2) is 0 Å². The van der Waals surface area contributed by atoms with Crippen molar-refractivity contribution in [1.82, 2.24) is 9.78 Å². The molecule has 0 aliphatic rings. The van der Waals surface area contributed by atoms with Crippen LogP contribution in [-0.4, -0.2) is 22.8 Å². The van der Waals surface area contributed by atoms with Gasteiger partial charge in [0.2, 0.25) is 5.43 Å². The van der Waals surface area contributed by atoms with Crippen molar-refractivity contribution in [2.24, 2.45) is 7.05 Å². The summed E-state index contributed by atoms with van der Waals surface area (Å²) in [7, 11) is 3.28. The van der Waals surface area contributed by atoms with Crippen molar-refractivity contribution < 1.29 is 9.53 Å². The van der Waals surface area contributed by atoms with Gasteiger partial charge in [0.25, 0.3) is 5.91 Å². The van der Waals surface area contributed by atoms with Gasteiger partial charge in [-0.1, -0.05) is 11.6 Å². The lowest BCUT2D eigenvalue weighted by molar-refractivity contribution is 0.101. The van der Waals surface area contributed by atoms with Crippen LogP contribution in [0.3, 0.4) is 0 Å². The van der Waals surface area contributed by atoms with Crippen LogP contribution in [0, 0.1) is 6.92 Å². The van der Waals surface area contributed by atoms with Gasteiger partial charge in [0, 0.05) is 12.7 Å². The number of aromatic nitrogens is 2. The number of carbonyl (C=O) groups is 1. The van der Waals surface area contributed by atoms with E-state index in [9.17, 15) is 9.59 Å². The highest BCUT2D eigenvalue weighted by Gasteiger charge is 2.16. The maximum absolute atomic E-state index is 12.6. The lowest BCUT2D eigenvalue weighted by Gasteiger charge is -2.09. The number of ether oxygens (including phenoxy) is 1. The summed E-state index contributed by atoms with van der Waals surface area (Å²) in [6.45, 7) is 1.90. The highest BCUT2D eigenvalue weighted by atomic mass is 16.5. The minimum absolute atomic E-state index is 0.133. The first-order valence-corrected chi connectivity index (χ1v) is 7.42. The number of fused-ring (bicyclic) bond motifs is 1. The predicted molar refractivity (Wildman–Crippen MR) is 92.7 cm³/mol. The molecular formula is C18H17N3O3. The van der Waals surface area contributed by atoms with Crippen LogP contribution in [0.25, 0.3) is 10.9 Å². The normalized spacial score (nSPS) is 10.6. The van der Waals surface area contributed by atoms with Gasteiger partial charge in [0.1, 0.15) is 5.75 Å². The Bertz CT molecular complexity index is 975. The number of amides is 1. The molecule has 3 rings (SSSR count). The predicted octanol–water partition coefficient (Wildman–Crippen LogP) is 2.50. The Kier molecular flexibility index (Phi) is 4.04. The average molecular weight is 323 g/mol. The summed E-state index contributed by atoms with van der Waals surface area (Å²) in [5.41, 5.74) is 1.69. The minimum atomic E-state index is -0.538. The molecule has 0 saturated carbocycles. The number of carbonyl (C=O) groups excluding carboxylic acids is 1. The van der Waals surface area contributed by atoms with Crippen LogP contribution in [0.4, 0.5) is 5.69 Å². The lowest BCUT2D eigenvalue weighted by Crippen LogP contribution is -2.26. The third-order valence-corrected chi connectivity index (χ3v) is 3.77. The van der Waals surface area contributed by atoms with E-state index in [4.69, 9.17) is 4.74 Å². The average Bonchev–Trinajstić information content (AvgIpc) is 2.58. The fraction of sp³-hybridized carbons (Fsp3) is 0.167. The van der Waals surface area contributed by atoms with Crippen molar-refractivity contribution in [2.45, 2.75) is 6.92 Å². The highest BCUT2D eigenvalue weighted by molar-refractivity contribution is 6.04. The second-order valence-electron chi connectivity index (χ2n) is 5.50. The zero-order chi connectivity index (χ0) is 17.3. The second kappa shape index (κ2) is 6.16. The number of hydrogen-bond acceptors (Lipinski definition) is 4. The van der Waals surface area contributed by atoms with E-state index in [0.29, 0.717) is 22.3 Å². The van der Waals surface area contributed by atoms with E-state index in [1.54, 1.807) is 49.2 Å². The molecule has 1 N–H and O–H groups in total. The van der Waals surface area contributed by atoms with E-state index >= 15 is 0 Å². The van der Waals surface area contributed by atoms with Gasteiger partial charge in [-0.05, 0) is 43.3 Å². The molecule has 1 amide bonds. The summed E-state index contributed by atoms with van der Waals surface area (Å²) in [6, 6.07) is 12.4. The van der Waals surface area contributed by atoms with Crippen LogP contribution in [0.15, 0.2) is 47.3 Å². The van der Waals surface area contributed by atoms with Crippen LogP contribution in [0.1, 0.15) is 16.1 Å². The summed E-state index contributed by atoms with van der Waals surface area (Å²) in [5.74, 6) is 0.146. The maximum atomic E-state index is 12.6. The monoisotopic (exact) mass is 323 g/mol. The zero-order valence-electron chi connectivity index (χ0n) is 13.7. The van der Waals surface area contributed by atoms with Gasteiger partial charge in [0.15, 0.2) is 5.69 Å². The molecule has 6 heteroatoms. The molecule has 1 heterocycles. The summed E-state index contributed by atoms with van der Waals surface area (Å²) < 4.78 is 6.62. The van der Waals surface area contributed by atoms with Gasteiger partial charge >= 0.3 is 0 Å². The van der Waals surface area contributed by atoms with Gasteiger partial charge in [0.05, 0.1) is 18.0 Å². The molecule has 0 aliphatic heterocycles. The van der Waals surface area contributed by atoms with Crippen molar-refractivity contribution in [1.29, 1.82) is 0 Å². The van der Waals surface area contributed by atoms with Crippen LogP contribution in [-0.2, 0) is 7.05 Å². The molecule has 0 spiro atoms. The van der Waals surface area contributed by atoms with Crippen molar-refractivity contribution in [3.05, 3.63) is 63.9 Å². The van der Waals surface area contributed by atoms with E-state index in [2.05, 4.69) is 10.4 Å². The third kappa shape index (κ3) is 2.86. The Morgan fingerprint density at radius 1 is 1.17 bits per heavy atom. The number of benzene rings is 2. The lowest BCUT2D eigenvalue weighted by atomic mass is 10.1. The van der Waals surface area contributed by atoms with E-state index in [-0.39, 0.29) is 11.1 Å². The van der Waals surface area contributed by atoms with Crippen molar-refractivity contribution in [3.8, 4) is 5.75 Å². The molecule has 122 valence electrons. The van der Waals surface area contributed by atoms with Crippen molar-refractivity contribution in [3.63, 3.8) is 0 Å². The Hall–Kier alpha value is -3.15. The molecule has 0 radical (unpaired) electrons. The van der Waals surface area contributed by atoms with E-state index < -0.39 is 5.91 Å². The number of nitrogens with zero attached hydrogens (tertiary/aromatic N) is 2. The first-order chi connectivity index (χ1) is 11.5. The molecule has 0 saturated heterocycles. The zero-order valence-corrected chi connectivity index (χ0v) is 13.7. The molecule has 1 aromatic heterocycles. The molecule has 0 fully saturated rings. The molecule has 0 unspecified atom stereocenters. The molecule has 0 atom stereocenters. The van der Waals surface area contributed by atoms with Crippen LogP contribution >= 0.6 is 0 Å². The quantitative estimate of drug-likeness (QED) is 0.804. The summed E-state index contributed by atoms with van der Waals surface area (Å²) in [5, 5.41) is 7.29. The number of rotatable bonds is 3. The largest absolute Gasteiger partial charge is 0.497 e. The molecule has 3 aromatic rings. The maximum Gasteiger partial charge on any atom is 0.280 e. The smallest absolute Gasteiger partial charge is 0.280 e. The summed E-state index contributed by atoms with van der Waals surface area (Å²) in [6.07, 6.45) is 0. The topological polar surface area (TPSA) is 73.2 Å². The molecule has 0 bridgehead atoms. The number of aryl methyl sites for hydroxylation is 2. The van der Waals surface area contributed by atoms with Gasteiger partial charge in [-0.15, -0.1) is 0 Å². The number of anilines is 1. The first kappa shape index (κ1) is 15.7. The standard InChI is InChI=1S/C18H17N3O3/c1-11-4-9-15-14(10-11)17(22)16(20-21(15)2)18(23)19-12-5-7-13(24-3)8-6-12/h4-10H,1-3H3,(H,19,23). The molecular weight excluding hydrogens is 306 g/mol. The summed E-state index contributed by atoms with van der Waals surface area (Å²) >= 11 is 0. The van der Waals surface area contributed by atoms with Crippen molar-refractivity contribution >= 4 is 22.5 Å². The Labute approximate surface area is 138 Å². The molecule has 0 aliphatic carbocycles. The SMILES string of the molecule is COc1ccc(NC(=O)c2nn(C)c3ccc(C)cc3c2=O)cc1. The fourth-order valence-electron chi connectivity index (χ4n) is 2.50. The first-order valence-electron chi connectivity index (χ1n) is 7.42. The fourth-order valence-corrected chi connectivity index (χ4v) is 2.50. The van der Waals surface area contributed by atoms with Crippen LogP contribution in [0.2, 0.25) is 0 Å². The van der Waals surface area contributed by atoms with E-state index in [1.165, 1.54) is 0 Å². The second-order valence-corrected chi connectivity index (χ2v) is 5.50. The Balaban J connectivity index is 2.00. The van der Waals surface area contributed by atoms with Gasteiger partial charge < -0.3 is 10.1 Å². The Morgan fingerprint density at radius 2 is 1.88 bits per heavy atom. The summed E-state index contributed by atoms with van der Waals surface area (Å²) in [4.78, 5) is 25.1. The van der Waals surface area contributed by atoms with Crippen LogP contribution < -0.4 is 15.5 Å². The highest BCUT2D eigenvalue weighted by Crippen LogP contribution is 2.16. The van der Waals surface area contributed by atoms with Crippen molar-refractivity contribution in [2.75, 3.05) is 12.4 Å². The van der Waals surface area contributed by atoms with Gasteiger partial charge in [-0.3, -0.25) is 14.3 Å².